The number of fused-ring (bicyclic) bond motifs is 1. The molecule has 0 amide bonds. The number of benzene rings is 1. The van der Waals surface area contributed by atoms with Gasteiger partial charge >= 0.3 is 0 Å². The second-order valence-electron chi connectivity index (χ2n) is 2.59. The molecular formula is C8H6BrFN2. The second kappa shape index (κ2) is 2.55. The van der Waals surface area contributed by atoms with Gasteiger partial charge in [-0.1, -0.05) is 0 Å². The molecule has 0 atom stereocenters. The average molecular weight is 229 g/mol. The van der Waals surface area contributed by atoms with Crippen LogP contribution in [0.1, 0.15) is 0 Å². The van der Waals surface area contributed by atoms with Crippen LogP contribution in [-0.4, -0.2) is 9.78 Å². The Hall–Kier alpha value is -0.900. The van der Waals surface area contributed by atoms with E-state index >= 15 is 0 Å². The third-order valence-electron chi connectivity index (χ3n) is 1.75. The van der Waals surface area contributed by atoms with E-state index in [2.05, 4.69) is 21.0 Å². The first kappa shape index (κ1) is 7.73. The van der Waals surface area contributed by atoms with Crippen molar-refractivity contribution < 1.29 is 4.39 Å². The van der Waals surface area contributed by atoms with Crippen molar-refractivity contribution in [2.45, 2.75) is 0 Å². The van der Waals surface area contributed by atoms with Gasteiger partial charge in [0.2, 0.25) is 0 Å². The van der Waals surface area contributed by atoms with Crippen molar-refractivity contribution in [1.29, 1.82) is 0 Å². The van der Waals surface area contributed by atoms with Gasteiger partial charge in [0.15, 0.2) is 0 Å². The lowest BCUT2D eigenvalue weighted by atomic mass is 10.2. The Balaban J connectivity index is 2.93. The molecule has 62 valence electrons. The number of aryl methyl sites for hydroxylation is 1. The molecular weight excluding hydrogens is 223 g/mol. The quantitative estimate of drug-likeness (QED) is 0.678. The molecule has 2 aromatic rings. The van der Waals surface area contributed by atoms with Gasteiger partial charge in [0.1, 0.15) is 5.82 Å². The minimum absolute atomic E-state index is 0.248. The molecule has 0 aliphatic heterocycles. The molecule has 1 aromatic heterocycles. The van der Waals surface area contributed by atoms with Crippen molar-refractivity contribution in [1.82, 2.24) is 9.78 Å². The van der Waals surface area contributed by atoms with E-state index in [1.54, 1.807) is 10.9 Å². The summed E-state index contributed by atoms with van der Waals surface area (Å²) in [6.45, 7) is 0. The summed E-state index contributed by atoms with van der Waals surface area (Å²) in [5.74, 6) is -0.248. The fourth-order valence-corrected chi connectivity index (χ4v) is 1.94. The van der Waals surface area contributed by atoms with Crippen LogP contribution in [0.15, 0.2) is 22.8 Å². The average Bonchev–Trinajstić information content (AvgIpc) is 2.31. The van der Waals surface area contributed by atoms with E-state index < -0.39 is 0 Å². The van der Waals surface area contributed by atoms with Gasteiger partial charge in [0.25, 0.3) is 0 Å². The zero-order valence-electron chi connectivity index (χ0n) is 6.38. The van der Waals surface area contributed by atoms with E-state index in [4.69, 9.17) is 0 Å². The topological polar surface area (TPSA) is 17.8 Å². The maximum absolute atomic E-state index is 12.8. The summed E-state index contributed by atoms with van der Waals surface area (Å²) < 4.78 is 15.3. The molecule has 0 spiro atoms. The summed E-state index contributed by atoms with van der Waals surface area (Å²) in [5, 5.41) is 4.83. The molecule has 0 radical (unpaired) electrons. The summed E-state index contributed by atoms with van der Waals surface area (Å²) in [7, 11) is 1.82. The van der Waals surface area contributed by atoms with Crippen LogP contribution >= 0.6 is 15.9 Å². The third kappa shape index (κ3) is 1.03. The van der Waals surface area contributed by atoms with Crippen LogP contribution in [0.2, 0.25) is 0 Å². The number of hydrogen-bond donors (Lipinski definition) is 0. The largest absolute Gasteiger partial charge is 0.267 e. The second-order valence-corrected chi connectivity index (χ2v) is 3.45. The number of rotatable bonds is 0. The summed E-state index contributed by atoms with van der Waals surface area (Å²) >= 11 is 3.28. The summed E-state index contributed by atoms with van der Waals surface area (Å²) in [5.41, 5.74) is 0.913. The first-order valence-electron chi connectivity index (χ1n) is 3.45. The minimum Gasteiger partial charge on any atom is -0.267 e. The molecule has 12 heavy (non-hydrogen) atoms. The van der Waals surface area contributed by atoms with E-state index in [0.717, 1.165) is 15.4 Å². The Morgan fingerprint density at radius 1 is 1.50 bits per heavy atom. The molecule has 0 saturated heterocycles. The first-order chi connectivity index (χ1) is 5.68. The van der Waals surface area contributed by atoms with Crippen LogP contribution in [0.5, 0.6) is 0 Å². The summed E-state index contributed by atoms with van der Waals surface area (Å²) in [6.07, 6.45) is 1.64. The molecule has 2 rings (SSSR count). The van der Waals surface area contributed by atoms with Crippen LogP contribution in [0.25, 0.3) is 10.9 Å². The molecule has 1 heterocycles. The fraction of sp³-hybridized carbons (Fsp3) is 0.125. The van der Waals surface area contributed by atoms with Crippen LogP contribution in [0.3, 0.4) is 0 Å². The molecule has 0 aliphatic carbocycles. The molecule has 0 bridgehead atoms. The SMILES string of the molecule is Cn1ncc2cc(F)cc(Br)c21. The van der Waals surface area contributed by atoms with Crippen LogP contribution in [0, 0.1) is 5.82 Å². The molecule has 0 fully saturated rings. The maximum atomic E-state index is 12.8. The Kier molecular flexibility index (Phi) is 1.65. The fourth-order valence-electron chi connectivity index (χ4n) is 1.23. The number of halogens is 2. The Morgan fingerprint density at radius 3 is 3.00 bits per heavy atom. The Bertz CT molecular complexity index is 436. The van der Waals surface area contributed by atoms with Gasteiger partial charge in [-0.15, -0.1) is 0 Å². The van der Waals surface area contributed by atoms with Gasteiger partial charge in [-0.05, 0) is 28.1 Å². The molecule has 1 aromatic carbocycles. The number of hydrogen-bond acceptors (Lipinski definition) is 1. The van der Waals surface area contributed by atoms with Gasteiger partial charge < -0.3 is 0 Å². The predicted octanol–water partition coefficient (Wildman–Crippen LogP) is 2.47. The maximum Gasteiger partial charge on any atom is 0.125 e. The highest BCUT2D eigenvalue weighted by Gasteiger charge is 2.05. The normalized spacial score (nSPS) is 10.9. The lowest BCUT2D eigenvalue weighted by Gasteiger charge is -1.97. The van der Waals surface area contributed by atoms with Crippen molar-refractivity contribution >= 4 is 26.8 Å². The highest BCUT2D eigenvalue weighted by molar-refractivity contribution is 9.10. The number of nitrogens with zero attached hydrogens (tertiary/aromatic N) is 2. The summed E-state index contributed by atoms with van der Waals surface area (Å²) in [4.78, 5) is 0. The van der Waals surface area contributed by atoms with Crippen molar-refractivity contribution in [3.8, 4) is 0 Å². The van der Waals surface area contributed by atoms with Crippen molar-refractivity contribution in [2.75, 3.05) is 0 Å². The number of aromatic nitrogens is 2. The summed E-state index contributed by atoms with van der Waals surface area (Å²) in [6, 6.07) is 2.90. The zero-order valence-corrected chi connectivity index (χ0v) is 7.97. The van der Waals surface area contributed by atoms with E-state index in [9.17, 15) is 4.39 Å². The van der Waals surface area contributed by atoms with Crippen molar-refractivity contribution in [3.63, 3.8) is 0 Å². The standard InChI is InChI=1S/C8H6BrFN2/c1-12-8-5(4-11-12)2-6(10)3-7(8)9/h2-4H,1H3. The molecule has 4 heteroatoms. The van der Waals surface area contributed by atoms with Gasteiger partial charge in [0.05, 0.1) is 11.7 Å². The van der Waals surface area contributed by atoms with E-state index in [-0.39, 0.29) is 5.82 Å². The third-order valence-corrected chi connectivity index (χ3v) is 2.36. The molecule has 2 nitrogen and oxygen atoms in total. The van der Waals surface area contributed by atoms with Crippen molar-refractivity contribution in [3.05, 3.63) is 28.6 Å². The highest BCUT2D eigenvalue weighted by atomic mass is 79.9. The smallest absolute Gasteiger partial charge is 0.125 e. The van der Waals surface area contributed by atoms with Crippen LogP contribution in [-0.2, 0) is 7.05 Å². The Morgan fingerprint density at radius 2 is 2.25 bits per heavy atom. The first-order valence-corrected chi connectivity index (χ1v) is 4.24. The van der Waals surface area contributed by atoms with Crippen LogP contribution in [0.4, 0.5) is 4.39 Å². The van der Waals surface area contributed by atoms with E-state index in [0.29, 0.717) is 0 Å². The van der Waals surface area contributed by atoms with Gasteiger partial charge in [-0.2, -0.15) is 5.10 Å². The van der Waals surface area contributed by atoms with E-state index in [1.165, 1.54) is 12.1 Å². The highest BCUT2D eigenvalue weighted by Crippen LogP contribution is 2.24. The van der Waals surface area contributed by atoms with E-state index in [1.807, 2.05) is 7.05 Å². The predicted molar refractivity (Wildman–Crippen MR) is 48.4 cm³/mol. The monoisotopic (exact) mass is 228 g/mol. The molecule has 0 aliphatic rings. The van der Waals surface area contributed by atoms with Gasteiger partial charge in [0, 0.05) is 16.9 Å². The zero-order chi connectivity index (χ0) is 8.72. The van der Waals surface area contributed by atoms with Crippen LogP contribution < -0.4 is 0 Å². The Labute approximate surface area is 77.1 Å². The minimum atomic E-state index is -0.248. The molecule has 0 unspecified atom stereocenters. The van der Waals surface area contributed by atoms with Gasteiger partial charge in [-0.3, -0.25) is 4.68 Å². The molecule has 0 N–H and O–H groups in total. The van der Waals surface area contributed by atoms with Gasteiger partial charge in [-0.25, -0.2) is 4.39 Å². The van der Waals surface area contributed by atoms with Crippen molar-refractivity contribution in [2.24, 2.45) is 7.05 Å². The lowest BCUT2D eigenvalue weighted by molar-refractivity contribution is 0.628. The molecule has 0 saturated carbocycles. The lowest BCUT2D eigenvalue weighted by Crippen LogP contribution is -1.89.